The third-order valence-electron chi connectivity index (χ3n) is 3.48. The first-order valence-corrected chi connectivity index (χ1v) is 7.61. The van der Waals surface area contributed by atoms with E-state index in [2.05, 4.69) is 5.32 Å². The molecule has 0 aromatic heterocycles. The number of carbonyl (C=O) groups excluding carboxylic acids is 1. The van der Waals surface area contributed by atoms with Crippen molar-refractivity contribution in [3.63, 3.8) is 0 Å². The zero-order chi connectivity index (χ0) is 18.5. The number of nitrogens with one attached hydrogen (secondary N) is 1. The van der Waals surface area contributed by atoms with E-state index in [-0.39, 0.29) is 16.9 Å². The Bertz CT molecular complexity index is 961. The lowest BCUT2D eigenvalue weighted by molar-refractivity contribution is -0.384. The Morgan fingerprint density at radius 2 is 1.69 bits per heavy atom. The van der Waals surface area contributed by atoms with Crippen LogP contribution in [0.4, 0.5) is 15.8 Å². The summed E-state index contributed by atoms with van der Waals surface area (Å²) in [7, 11) is 0. The molecule has 0 spiro atoms. The average molecular weight is 352 g/mol. The van der Waals surface area contributed by atoms with Gasteiger partial charge in [-0.1, -0.05) is 24.3 Å². The molecule has 1 N–H and O–H groups in total. The van der Waals surface area contributed by atoms with E-state index in [1.54, 1.807) is 24.3 Å². The van der Waals surface area contributed by atoms with E-state index in [9.17, 15) is 19.3 Å². The lowest BCUT2D eigenvalue weighted by atomic mass is 10.2. The molecule has 0 radical (unpaired) electrons. The molecule has 0 aliphatic rings. The van der Waals surface area contributed by atoms with Crippen molar-refractivity contribution in [1.29, 1.82) is 0 Å². The molecule has 3 aromatic carbocycles. The number of non-ortho nitro benzene ring substituents is 1. The highest BCUT2D eigenvalue weighted by atomic mass is 19.1. The topological polar surface area (TPSA) is 81.5 Å². The quantitative estimate of drug-likeness (QED) is 0.529. The smallest absolute Gasteiger partial charge is 0.271 e. The van der Waals surface area contributed by atoms with Crippen LogP contribution in [0, 0.1) is 15.9 Å². The van der Waals surface area contributed by atoms with Crippen LogP contribution in [0.3, 0.4) is 0 Å². The van der Waals surface area contributed by atoms with Gasteiger partial charge in [-0.15, -0.1) is 0 Å². The van der Waals surface area contributed by atoms with E-state index < -0.39 is 16.6 Å². The molecule has 6 nitrogen and oxygen atoms in total. The minimum atomic E-state index is -0.763. The predicted octanol–water partition coefficient (Wildman–Crippen LogP) is 4.78. The first-order chi connectivity index (χ1) is 12.5. The first kappa shape index (κ1) is 17.1. The van der Waals surface area contributed by atoms with Crippen LogP contribution in [0.1, 0.15) is 10.4 Å². The number of carbonyl (C=O) groups is 1. The fourth-order valence-corrected chi connectivity index (χ4v) is 2.24. The largest absolute Gasteiger partial charge is 0.457 e. The van der Waals surface area contributed by atoms with Crippen LogP contribution in [-0.2, 0) is 0 Å². The second-order valence-corrected chi connectivity index (χ2v) is 5.32. The molecule has 0 atom stereocenters. The Balaban J connectivity index is 1.79. The number of nitro groups is 1. The number of nitro benzene ring substituents is 1. The van der Waals surface area contributed by atoms with Crippen LogP contribution in [0.5, 0.6) is 11.5 Å². The van der Waals surface area contributed by atoms with Crippen LogP contribution in [-0.4, -0.2) is 10.8 Å². The molecular formula is C19H13FN2O4. The Hall–Kier alpha value is -3.74. The van der Waals surface area contributed by atoms with Crippen molar-refractivity contribution in [2.45, 2.75) is 0 Å². The van der Waals surface area contributed by atoms with Crippen molar-refractivity contribution in [2.24, 2.45) is 0 Å². The summed E-state index contributed by atoms with van der Waals surface area (Å²) in [6.45, 7) is 0. The maximum absolute atomic E-state index is 13.8. The van der Waals surface area contributed by atoms with Gasteiger partial charge in [0.05, 0.1) is 10.6 Å². The normalized spacial score (nSPS) is 10.2. The second kappa shape index (κ2) is 7.43. The summed E-state index contributed by atoms with van der Waals surface area (Å²) >= 11 is 0. The second-order valence-electron chi connectivity index (χ2n) is 5.32. The van der Waals surface area contributed by atoms with E-state index in [1.165, 1.54) is 12.1 Å². The Labute approximate surface area is 148 Å². The van der Waals surface area contributed by atoms with Crippen molar-refractivity contribution < 1.29 is 18.8 Å². The van der Waals surface area contributed by atoms with Crippen LogP contribution < -0.4 is 10.1 Å². The van der Waals surface area contributed by atoms with Crippen molar-refractivity contribution in [3.05, 3.63) is 94.3 Å². The zero-order valence-electron chi connectivity index (χ0n) is 13.4. The number of hydrogen-bond donors (Lipinski definition) is 1. The van der Waals surface area contributed by atoms with Crippen molar-refractivity contribution in [2.75, 3.05) is 5.32 Å². The SMILES string of the molecule is O=C(Nc1cc([N+](=O)[O-])ccc1F)c1cccc(Oc2ccccc2)c1. The molecule has 3 rings (SSSR count). The number of ether oxygens (including phenoxy) is 1. The Morgan fingerprint density at radius 1 is 0.962 bits per heavy atom. The molecule has 0 saturated heterocycles. The molecule has 7 heteroatoms. The molecule has 0 fully saturated rings. The summed E-state index contributed by atoms with van der Waals surface area (Å²) < 4.78 is 19.5. The number of amides is 1. The summed E-state index contributed by atoms with van der Waals surface area (Å²) in [4.78, 5) is 22.5. The lowest BCUT2D eigenvalue weighted by Crippen LogP contribution is -2.13. The van der Waals surface area contributed by atoms with Gasteiger partial charge in [0.1, 0.15) is 17.3 Å². The van der Waals surface area contributed by atoms with E-state index in [0.29, 0.717) is 11.5 Å². The third kappa shape index (κ3) is 4.02. The van der Waals surface area contributed by atoms with Crippen molar-refractivity contribution in [1.82, 2.24) is 0 Å². The number of halogens is 1. The summed E-state index contributed by atoms with van der Waals surface area (Å²) in [5, 5.41) is 13.1. The number of benzene rings is 3. The molecule has 0 unspecified atom stereocenters. The molecule has 1 amide bonds. The molecule has 0 bridgehead atoms. The van der Waals surface area contributed by atoms with E-state index >= 15 is 0 Å². The van der Waals surface area contributed by atoms with Gasteiger partial charge in [-0.25, -0.2) is 4.39 Å². The average Bonchev–Trinajstić information content (AvgIpc) is 2.64. The molecule has 0 heterocycles. The van der Waals surface area contributed by atoms with Crippen LogP contribution >= 0.6 is 0 Å². The Kier molecular flexibility index (Phi) is 4.89. The molecular weight excluding hydrogens is 339 g/mol. The highest BCUT2D eigenvalue weighted by Gasteiger charge is 2.14. The Morgan fingerprint density at radius 3 is 2.42 bits per heavy atom. The molecule has 3 aromatic rings. The lowest BCUT2D eigenvalue weighted by Gasteiger charge is -2.09. The summed E-state index contributed by atoms with van der Waals surface area (Å²) in [6.07, 6.45) is 0. The van der Waals surface area contributed by atoms with Gasteiger partial charge in [-0.3, -0.25) is 14.9 Å². The predicted molar refractivity (Wildman–Crippen MR) is 94.0 cm³/mol. The van der Waals surface area contributed by atoms with Crippen LogP contribution in [0.25, 0.3) is 0 Å². The summed E-state index contributed by atoms with van der Waals surface area (Å²) in [5.41, 5.74) is -0.356. The molecule has 0 aliphatic heterocycles. The fourth-order valence-electron chi connectivity index (χ4n) is 2.24. The van der Waals surface area contributed by atoms with Crippen LogP contribution in [0.2, 0.25) is 0 Å². The minimum Gasteiger partial charge on any atom is -0.457 e. The minimum absolute atomic E-state index is 0.226. The highest BCUT2D eigenvalue weighted by Crippen LogP contribution is 2.24. The van der Waals surface area contributed by atoms with Gasteiger partial charge < -0.3 is 10.1 Å². The van der Waals surface area contributed by atoms with E-state index in [0.717, 1.165) is 18.2 Å². The maximum Gasteiger partial charge on any atom is 0.271 e. The van der Waals surface area contributed by atoms with Gasteiger partial charge in [-0.2, -0.15) is 0 Å². The van der Waals surface area contributed by atoms with Crippen molar-refractivity contribution in [3.8, 4) is 11.5 Å². The van der Waals surface area contributed by atoms with Gasteiger partial charge in [0.25, 0.3) is 11.6 Å². The fraction of sp³-hybridized carbons (Fsp3) is 0. The standard InChI is InChI=1S/C19H13FN2O4/c20-17-10-9-14(22(24)25)12-18(17)21-19(23)13-5-4-8-16(11-13)26-15-6-2-1-3-7-15/h1-12H,(H,21,23). The number of para-hydroxylation sites is 1. The van der Waals surface area contributed by atoms with Gasteiger partial charge in [0, 0.05) is 17.7 Å². The molecule has 130 valence electrons. The van der Waals surface area contributed by atoms with E-state index in [4.69, 9.17) is 4.74 Å². The van der Waals surface area contributed by atoms with Gasteiger partial charge >= 0.3 is 0 Å². The van der Waals surface area contributed by atoms with Gasteiger partial charge in [0.15, 0.2) is 0 Å². The maximum atomic E-state index is 13.8. The number of rotatable bonds is 5. The van der Waals surface area contributed by atoms with Crippen molar-refractivity contribution >= 4 is 17.3 Å². The number of anilines is 1. The first-order valence-electron chi connectivity index (χ1n) is 7.61. The van der Waals surface area contributed by atoms with Crippen LogP contribution in [0.15, 0.2) is 72.8 Å². The van der Waals surface area contributed by atoms with Gasteiger partial charge in [-0.05, 0) is 36.4 Å². The molecule has 0 saturated carbocycles. The third-order valence-corrected chi connectivity index (χ3v) is 3.48. The molecule has 0 aliphatic carbocycles. The summed E-state index contributed by atoms with van der Waals surface area (Å²) in [6, 6.07) is 18.3. The zero-order valence-corrected chi connectivity index (χ0v) is 13.4. The number of nitrogens with zero attached hydrogens (tertiary/aromatic N) is 1. The van der Waals surface area contributed by atoms with Gasteiger partial charge in [0.2, 0.25) is 0 Å². The van der Waals surface area contributed by atoms with E-state index in [1.807, 2.05) is 18.2 Å². The number of hydrogen-bond acceptors (Lipinski definition) is 4. The monoisotopic (exact) mass is 352 g/mol. The summed E-state index contributed by atoms with van der Waals surface area (Å²) in [5.74, 6) is -0.332. The highest BCUT2D eigenvalue weighted by molar-refractivity contribution is 6.04. The molecule has 26 heavy (non-hydrogen) atoms.